The van der Waals surface area contributed by atoms with Gasteiger partial charge in [0.25, 0.3) is 10.0 Å². The topological polar surface area (TPSA) is 52.7 Å². The first kappa shape index (κ1) is 20.4. The van der Waals surface area contributed by atoms with Crippen molar-refractivity contribution in [3.05, 3.63) is 16.5 Å². The van der Waals surface area contributed by atoms with E-state index in [0.717, 1.165) is 50.5 Å². The van der Waals surface area contributed by atoms with Crippen molar-refractivity contribution in [2.45, 2.75) is 24.0 Å². The highest BCUT2D eigenvalue weighted by Gasteiger charge is 2.33. The fraction of sp³-hybridized carbons (Fsp3) is 0.733. The third kappa shape index (κ3) is 4.63. The van der Waals surface area contributed by atoms with Gasteiger partial charge in [-0.2, -0.15) is 4.31 Å². The number of sulfonamides is 1. The van der Waals surface area contributed by atoms with Crippen LogP contribution >= 0.6 is 35.3 Å². The summed E-state index contributed by atoms with van der Waals surface area (Å²) in [5.74, 6) is 0. The first-order valence-electron chi connectivity index (χ1n) is 8.08. The average Bonchev–Trinajstić information content (AvgIpc) is 3.04. The van der Waals surface area contributed by atoms with E-state index in [4.69, 9.17) is 11.6 Å². The van der Waals surface area contributed by atoms with Gasteiger partial charge in [0.2, 0.25) is 0 Å². The maximum absolute atomic E-state index is 12.7. The van der Waals surface area contributed by atoms with Gasteiger partial charge in [-0.25, -0.2) is 8.42 Å². The summed E-state index contributed by atoms with van der Waals surface area (Å²) in [6.45, 7) is 8.41. The molecular weight excluding hydrogens is 389 g/mol. The van der Waals surface area contributed by atoms with Crippen molar-refractivity contribution in [2.24, 2.45) is 5.41 Å². The lowest BCUT2D eigenvalue weighted by Gasteiger charge is -2.31. The van der Waals surface area contributed by atoms with Crippen molar-refractivity contribution < 1.29 is 8.42 Å². The van der Waals surface area contributed by atoms with Crippen LogP contribution in [0.25, 0.3) is 0 Å². The van der Waals surface area contributed by atoms with E-state index in [2.05, 4.69) is 17.1 Å². The Labute approximate surface area is 159 Å². The lowest BCUT2D eigenvalue weighted by Crippen LogP contribution is -2.40. The highest BCUT2D eigenvalue weighted by atomic mass is 35.5. The minimum atomic E-state index is -3.40. The van der Waals surface area contributed by atoms with E-state index in [1.807, 2.05) is 0 Å². The van der Waals surface area contributed by atoms with Gasteiger partial charge in [-0.05, 0) is 43.5 Å². The second kappa shape index (κ2) is 8.20. The Morgan fingerprint density at radius 2 is 2.08 bits per heavy atom. The number of halogens is 2. The summed E-state index contributed by atoms with van der Waals surface area (Å²) in [6, 6.07) is 3.26. The van der Waals surface area contributed by atoms with Crippen LogP contribution in [0.4, 0.5) is 0 Å². The van der Waals surface area contributed by atoms with Crippen molar-refractivity contribution in [2.75, 3.05) is 45.8 Å². The van der Waals surface area contributed by atoms with E-state index in [1.165, 1.54) is 6.42 Å². The average molecular weight is 414 g/mol. The van der Waals surface area contributed by atoms with E-state index >= 15 is 0 Å². The largest absolute Gasteiger partial charge is 0.316 e. The first-order valence-corrected chi connectivity index (χ1v) is 10.7. The Balaban J connectivity index is 0.00000208. The predicted octanol–water partition coefficient (Wildman–Crippen LogP) is 2.52. The molecule has 3 heterocycles. The normalized spacial score (nSPS) is 26.9. The summed E-state index contributed by atoms with van der Waals surface area (Å²) in [5.41, 5.74) is 0.315. The highest BCUT2D eigenvalue weighted by Crippen LogP contribution is 2.29. The number of hydrogen-bond donors (Lipinski definition) is 1. The molecule has 1 N–H and O–H groups in total. The van der Waals surface area contributed by atoms with Gasteiger partial charge in [0.15, 0.2) is 0 Å². The Hall–Kier alpha value is 0.110. The molecule has 0 spiro atoms. The maximum Gasteiger partial charge on any atom is 0.252 e. The van der Waals surface area contributed by atoms with E-state index in [9.17, 15) is 8.42 Å². The molecule has 2 fully saturated rings. The molecule has 2 aliphatic rings. The van der Waals surface area contributed by atoms with Gasteiger partial charge in [-0.15, -0.1) is 23.7 Å². The van der Waals surface area contributed by atoms with Crippen LogP contribution in [0.5, 0.6) is 0 Å². The summed E-state index contributed by atoms with van der Waals surface area (Å²) < 4.78 is 27.9. The molecule has 24 heavy (non-hydrogen) atoms. The van der Waals surface area contributed by atoms with Gasteiger partial charge in [0.1, 0.15) is 4.21 Å². The van der Waals surface area contributed by atoms with Gasteiger partial charge in [-0.3, -0.25) is 0 Å². The smallest absolute Gasteiger partial charge is 0.252 e. The molecule has 0 aromatic carbocycles. The quantitative estimate of drug-likeness (QED) is 0.823. The lowest BCUT2D eigenvalue weighted by molar-refractivity contribution is 0.184. The van der Waals surface area contributed by atoms with Crippen molar-refractivity contribution in [1.82, 2.24) is 14.5 Å². The molecule has 5 nitrogen and oxygen atoms in total. The molecular formula is C15H25Cl2N3O2S2. The maximum atomic E-state index is 12.7. The molecule has 0 amide bonds. The minimum absolute atomic E-state index is 0. The number of rotatable bonds is 4. The van der Waals surface area contributed by atoms with Gasteiger partial charge in [-0.1, -0.05) is 18.5 Å². The summed E-state index contributed by atoms with van der Waals surface area (Å²) >= 11 is 7.03. The number of thiophene rings is 1. The number of hydrogen-bond acceptors (Lipinski definition) is 5. The first-order chi connectivity index (χ1) is 10.9. The third-order valence-electron chi connectivity index (χ3n) is 4.75. The number of nitrogens with zero attached hydrogens (tertiary/aromatic N) is 2. The van der Waals surface area contributed by atoms with Crippen LogP contribution in [0, 0.1) is 5.41 Å². The Bertz CT molecular complexity index is 645. The zero-order chi connectivity index (χ0) is 16.5. The SMILES string of the molecule is CC1(CN2CCCN(S(=O)(=O)c3ccc(Cl)s3)CC2)CCNC1.Cl. The molecule has 1 aromatic heterocycles. The fourth-order valence-corrected chi connectivity index (χ4v) is 6.56. The molecule has 0 aliphatic carbocycles. The Morgan fingerprint density at radius 1 is 1.29 bits per heavy atom. The van der Waals surface area contributed by atoms with E-state index in [1.54, 1.807) is 16.4 Å². The fourth-order valence-electron chi connectivity index (χ4n) is 3.45. The molecule has 1 atom stereocenters. The summed E-state index contributed by atoms with van der Waals surface area (Å²) in [4.78, 5) is 2.42. The van der Waals surface area contributed by atoms with Crippen molar-refractivity contribution in [3.8, 4) is 0 Å². The van der Waals surface area contributed by atoms with Crippen LogP contribution in [-0.2, 0) is 10.0 Å². The van der Waals surface area contributed by atoms with Crippen LogP contribution in [-0.4, -0.2) is 63.4 Å². The molecule has 0 bridgehead atoms. The second-order valence-corrected chi connectivity index (χ2v) is 10.7. The molecule has 1 aromatic rings. The molecule has 0 saturated carbocycles. The molecule has 3 rings (SSSR count). The summed E-state index contributed by atoms with van der Waals surface area (Å²) in [6.07, 6.45) is 2.07. The molecule has 2 saturated heterocycles. The molecule has 138 valence electrons. The van der Waals surface area contributed by atoms with Crippen molar-refractivity contribution in [1.29, 1.82) is 0 Å². The van der Waals surface area contributed by atoms with Crippen LogP contribution in [0.1, 0.15) is 19.8 Å². The Kier molecular flexibility index (Phi) is 6.98. The van der Waals surface area contributed by atoms with E-state index in [0.29, 0.717) is 27.1 Å². The van der Waals surface area contributed by atoms with E-state index < -0.39 is 10.0 Å². The van der Waals surface area contributed by atoms with Gasteiger partial charge in [0.05, 0.1) is 4.34 Å². The predicted molar refractivity (Wildman–Crippen MR) is 102 cm³/mol. The van der Waals surface area contributed by atoms with Gasteiger partial charge < -0.3 is 10.2 Å². The van der Waals surface area contributed by atoms with Gasteiger partial charge >= 0.3 is 0 Å². The zero-order valence-corrected chi connectivity index (χ0v) is 17.0. The third-order valence-corrected chi connectivity index (χ3v) is 8.35. The van der Waals surface area contributed by atoms with Crippen molar-refractivity contribution >= 4 is 45.4 Å². The lowest BCUT2D eigenvalue weighted by atomic mass is 9.89. The molecule has 1 unspecified atom stereocenters. The van der Waals surface area contributed by atoms with E-state index in [-0.39, 0.29) is 12.4 Å². The highest BCUT2D eigenvalue weighted by molar-refractivity contribution is 7.91. The molecule has 9 heteroatoms. The number of nitrogens with one attached hydrogen (secondary N) is 1. The summed E-state index contributed by atoms with van der Waals surface area (Å²) in [5, 5.41) is 3.43. The molecule has 2 aliphatic heterocycles. The summed E-state index contributed by atoms with van der Waals surface area (Å²) in [7, 11) is -3.40. The zero-order valence-electron chi connectivity index (χ0n) is 13.8. The molecule has 0 radical (unpaired) electrons. The van der Waals surface area contributed by atoms with Crippen LogP contribution in [0.3, 0.4) is 0 Å². The Morgan fingerprint density at radius 3 is 2.71 bits per heavy atom. The minimum Gasteiger partial charge on any atom is -0.316 e. The van der Waals surface area contributed by atoms with Crippen LogP contribution < -0.4 is 5.32 Å². The monoisotopic (exact) mass is 413 g/mol. The van der Waals surface area contributed by atoms with Crippen molar-refractivity contribution in [3.63, 3.8) is 0 Å². The second-order valence-electron chi connectivity index (χ2n) is 6.83. The van der Waals surface area contributed by atoms with Crippen LogP contribution in [0.2, 0.25) is 4.34 Å². The standard InChI is InChI=1S/C15H24ClN3O2S2.ClH/c1-15(5-6-17-11-15)12-18-7-2-8-19(10-9-18)23(20,21)14-4-3-13(16)22-14;/h3-4,17H,2,5-12H2,1H3;1H. The van der Waals surface area contributed by atoms with Crippen LogP contribution in [0.15, 0.2) is 16.3 Å². The van der Waals surface area contributed by atoms with Gasteiger partial charge in [0, 0.05) is 32.7 Å².